The molecule has 10 heteroatoms. The first-order valence-corrected chi connectivity index (χ1v) is 9.13. The lowest BCUT2D eigenvalue weighted by Crippen LogP contribution is -2.54. The van der Waals surface area contributed by atoms with Crippen LogP contribution >= 0.6 is 12.6 Å². The fourth-order valence-corrected chi connectivity index (χ4v) is 2.51. The van der Waals surface area contributed by atoms with Crippen molar-refractivity contribution in [3.05, 3.63) is 35.6 Å². The Kier molecular flexibility index (Phi) is 9.86. The standard InChI is InChI=1S/C18H23FN4O4S/c1-11(24)22-16(10-28)18(27)23-15(7-6-14(25)8-20)17(26)21-9-12-2-4-13(19)5-3-12/h2-5,8,15-16,20,28H,6-7,9-10H2,1H3,(H,21,26)(H,22,24)(H,23,27)/t15-,16-/m0/s1. The minimum atomic E-state index is -1.05. The Bertz CT molecular complexity index is 727. The number of ketones is 1. The van der Waals surface area contributed by atoms with E-state index in [0.29, 0.717) is 11.8 Å². The fourth-order valence-electron chi connectivity index (χ4n) is 2.25. The zero-order chi connectivity index (χ0) is 21.1. The number of carbonyl (C=O) groups is 4. The molecule has 1 aromatic rings. The van der Waals surface area contributed by atoms with E-state index in [1.807, 2.05) is 0 Å². The molecule has 0 aliphatic rings. The molecule has 0 saturated heterocycles. The monoisotopic (exact) mass is 410 g/mol. The van der Waals surface area contributed by atoms with Gasteiger partial charge in [0.05, 0.1) is 6.21 Å². The summed E-state index contributed by atoms with van der Waals surface area (Å²) in [6, 6.07) is 3.55. The first kappa shape index (κ1) is 23.3. The van der Waals surface area contributed by atoms with Crippen molar-refractivity contribution in [1.82, 2.24) is 16.0 Å². The second kappa shape index (κ2) is 11.9. The summed E-state index contributed by atoms with van der Waals surface area (Å²) in [6.07, 6.45) is 0.516. The zero-order valence-corrected chi connectivity index (χ0v) is 16.2. The van der Waals surface area contributed by atoms with Gasteiger partial charge in [-0.2, -0.15) is 12.6 Å². The molecule has 0 aromatic heterocycles. The first-order valence-electron chi connectivity index (χ1n) is 8.50. The third-order valence-electron chi connectivity index (χ3n) is 3.73. The second-order valence-corrected chi connectivity index (χ2v) is 6.36. The van der Waals surface area contributed by atoms with Crippen LogP contribution in [0.2, 0.25) is 0 Å². The van der Waals surface area contributed by atoms with Gasteiger partial charge in [0, 0.05) is 25.6 Å². The summed E-state index contributed by atoms with van der Waals surface area (Å²) < 4.78 is 12.9. The van der Waals surface area contributed by atoms with Gasteiger partial charge in [-0.25, -0.2) is 4.39 Å². The average molecular weight is 410 g/mol. The highest BCUT2D eigenvalue weighted by molar-refractivity contribution is 7.80. The lowest BCUT2D eigenvalue weighted by Gasteiger charge is -2.21. The predicted molar refractivity (Wildman–Crippen MR) is 105 cm³/mol. The van der Waals surface area contributed by atoms with Crippen LogP contribution in [0.4, 0.5) is 4.39 Å². The van der Waals surface area contributed by atoms with Crippen molar-refractivity contribution >= 4 is 42.3 Å². The summed E-state index contributed by atoms with van der Waals surface area (Å²) in [4.78, 5) is 47.4. The minimum absolute atomic E-state index is 0.0193. The summed E-state index contributed by atoms with van der Waals surface area (Å²) in [7, 11) is 0. The predicted octanol–water partition coefficient (Wildman–Crippen LogP) is 0.360. The maximum atomic E-state index is 12.9. The number of thiol groups is 1. The maximum Gasteiger partial charge on any atom is 0.244 e. The summed E-state index contributed by atoms with van der Waals surface area (Å²) in [5, 5.41) is 14.5. The molecule has 3 amide bonds. The van der Waals surface area contributed by atoms with Crippen molar-refractivity contribution in [3.63, 3.8) is 0 Å². The average Bonchev–Trinajstić information content (AvgIpc) is 2.67. The van der Waals surface area contributed by atoms with Crippen LogP contribution in [-0.2, 0) is 25.7 Å². The number of nitrogens with one attached hydrogen (secondary N) is 4. The number of halogens is 1. The molecular formula is C18H23FN4O4S. The Morgan fingerprint density at radius 1 is 1.11 bits per heavy atom. The highest BCUT2D eigenvalue weighted by Crippen LogP contribution is 2.04. The fraction of sp³-hybridized carbons (Fsp3) is 0.389. The van der Waals surface area contributed by atoms with E-state index in [9.17, 15) is 23.6 Å². The number of benzene rings is 1. The molecule has 0 aliphatic carbocycles. The number of Topliss-reactive ketones (excluding diaryl/α,β-unsaturated/α-hetero) is 1. The molecule has 0 fully saturated rings. The maximum absolute atomic E-state index is 12.9. The van der Waals surface area contributed by atoms with Gasteiger partial charge in [-0.15, -0.1) is 0 Å². The van der Waals surface area contributed by atoms with Gasteiger partial charge in [0.25, 0.3) is 0 Å². The van der Waals surface area contributed by atoms with Gasteiger partial charge in [-0.1, -0.05) is 12.1 Å². The Balaban J connectivity index is 2.78. The Hall–Kier alpha value is -2.75. The van der Waals surface area contributed by atoms with E-state index in [0.717, 1.165) is 0 Å². The molecule has 2 atom stereocenters. The Labute approximate surface area is 167 Å². The second-order valence-electron chi connectivity index (χ2n) is 5.99. The molecule has 0 heterocycles. The van der Waals surface area contributed by atoms with Crippen LogP contribution in [0, 0.1) is 11.2 Å². The van der Waals surface area contributed by atoms with Crippen LogP contribution in [-0.4, -0.2) is 47.6 Å². The first-order chi connectivity index (χ1) is 13.3. The van der Waals surface area contributed by atoms with Gasteiger partial charge >= 0.3 is 0 Å². The SMILES string of the molecule is CC(=O)N[C@@H](CS)C(=O)N[C@@H](CCC(=O)C=N)C(=O)NCc1ccc(F)cc1. The number of rotatable bonds is 11. The van der Waals surface area contributed by atoms with Crippen molar-refractivity contribution < 1.29 is 23.6 Å². The molecule has 28 heavy (non-hydrogen) atoms. The van der Waals surface area contributed by atoms with Gasteiger partial charge in [-0.05, 0) is 24.1 Å². The van der Waals surface area contributed by atoms with Gasteiger partial charge < -0.3 is 21.4 Å². The number of hydrogen-bond acceptors (Lipinski definition) is 6. The van der Waals surface area contributed by atoms with Crippen molar-refractivity contribution in [3.8, 4) is 0 Å². The lowest BCUT2D eigenvalue weighted by molar-refractivity contribution is -0.131. The van der Waals surface area contributed by atoms with Crippen LogP contribution in [0.15, 0.2) is 24.3 Å². The van der Waals surface area contributed by atoms with E-state index in [1.54, 1.807) is 0 Å². The largest absolute Gasteiger partial charge is 0.350 e. The summed E-state index contributed by atoms with van der Waals surface area (Å²) in [5.41, 5.74) is 0.655. The molecule has 0 aliphatic heterocycles. The van der Waals surface area contributed by atoms with E-state index >= 15 is 0 Å². The molecule has 8 nitrogen and oxygen atoms in total. The lowest BCUT2D eigenvalue weighted by atomic mass is 10.1. The van der Waals surface area contributed by atoms with Crippen LogP contribution < -0.4 is 16.0 Å². The van der Waals surface area contributed by atoms with E-state index in [-0.39, 0.29) is 25.1 Å². The van der Waals surface area contributed by atoms with Gasteiger partial charge in [-0.3, -0.25) is 19.2 Å². The summed E-state index contributed by atoms with van der Waals surface area (Å²) in [6.45, 7) is 1.35. The van der Waals surface area contributed by atoms with Gasteiger partial charge in [0.2, 0.25) is 17.7 Å². The van der Waals surface area contributed by atoms with Crippen LogP contribution in [0.25, 0.3) is 0 Å². The topological polar surface area (TPSA) is 128 Å². The molecule has 0 spiro atoms. The molecule has 152 valence electrons. The smallest absolute Gasteiger partial charge is 0.244 e. The van der Waals surface area contributed by atoms with Crippen LogP contribution in [0.5, 0.6) is 0 Å². The van der Waals surface area contributed by atoms with Crippen molar-refractivity contribution in [2.45, 2.75) is 38.4 Å². The van der Waals surface area contributed by atoms with E-state index in [1.165, 1.54) is 31.2 Å². The molecule has 1 aromatic carbocycles. The highest BCUT2D eigenvalue weighted by Gasteiger charge is 2.25. The Morgan fingerprint density at radius 2 is 1.75 bits per heavy atom. The quantitative estimate of drug-likeness (QED) is 0.267. The van der Waals surface area contributed by atoms with Crippen LogP contribution in [0.3, 0.4) is 0 Å². The van der Waals surface area contributed by atoms with E-state index in [4.69, 9.17) is 5.41 Å². The summed E-state index contributed by atoms with van der Waals surface area (Å²) in [5.74, 6) is -2.45. The molecule has 4 N–H and O–H groups in total. The molecule has 0 radical (unpaired) electrons. The van der Waals surface area contributed by atoms with Crippen molar-refractivity contribution in [2.75, 3.05) is 5.75 Å². The van der Waals surface area contributed by atoms with Gasteiger partial charge in [0.15, 0.2) is 5.78 Å². The number of hydrogen-bond donors (Lipinski definition) is 5. The molecule has 1 rings (SSSR count). The third kappa shape index (κ3) is 8.30. The van der Waals surface area contributed by atoms with E-state index < -0.39 is 41.4 Å². The zero-order valence-electron chi connectivity index (χ0n) is 15.3. The highest BCUT2D eigenvalue weighted by atomic mass is 32.1. The molecule has 0 unspecified atom stereocenters. The summed E-state index contributed by atoms with van der Waals surface area (Å²) >= 11 is 4.01. The van der Waals surface area contributed by atoms with Gasteiger partial charge in [0.1, 0.15) is 17.9 Å². The number of carbonyl (C=O) groups excluding carboxylic acids is 4. The Morgan fingerprint density at radius 3 is 2.29 bits per heavy atom. The third-order valence-corrected chi connectivity index (χ3v) is 4.10. The van der Waals surface area contributed by atoms with E-state index in [2.05, 4.69) is 28.6 Å². The van der Waals surface area contributed by atoms with Crippen molar-refractivity contribution in [2.24, 2.45) is 0 Å². The molecular weight excluding hydrogens is 387 g/mol. The molecule has 0 saturated carbocycles. The van der Waals surface area contributed by atoms with Crippen LogP contribution in [0.1, 0.15) is 25.3 Å². The number of amides is 3. The minimum Gasteiger partial charge on any atom is -0.350 e. The normalized spacial score (nSPS) is 12.4. The molecule has 0 bridgehead atoms. The van der Waals surface area contributed by atoms with Crippen molar-refractivity contribution in [1.29, 1.82) is 5.41 Å².